The lowest BCUT2D eigenvalue weighted by Gasteiger charge is -2.23. The van der Waals surface area contributed by atoms with Gasteiger partial charge in [0.15, 0.2) is 0 Å². The number of urea groups is 1. The van der Waals surface area contributed by atoms with Gasteiger partial charge >= 0.3 is 11.7 Å². The number of benzene rings is 1. The third-order valence-electron chi connectivity index (χ3n) is 4.65. The maximum absolute atomic E-state index is 12.2. The fourth-order valence-electron chi connectivity index (χ4n) is 3.43. The van der Waals surface area contributed by atoms with Crippen molar-refractivity contribution in [3.63, 3.8) is 0 Å². The number of hydrogen-bond acceptors (Lipinski definition) is 3. The minimum absolute atomic E-state index is 0.0398. The van der Waals surface area contributed by atoms with Crippen LogP contribution < -0.4 is 16.3 Å². The Morgan fingerprint density at radius 2 is 2.24 bits per heavy atom. The Kier molecular flexibility index (Phi) is 4.01. The van der Waals surface area contributed by atoms with E-state index in [0.717, 1.165) is 36.0 Å². The Morgan fingerprint density at radius 3 is 3.16 bits per heavy atom. The number of aromatic nitrogens is 4. The Morgan fingerprint density at radius 1 is 1.36 bits per heavy atom. The number of amides is 2. The molecule has 3 aromatic rings. The zero-order valence-corrected chi connectivity index (χ0v) is 13.7. The minimum atomic E-state index is -0.236. The smallest absolute Gasteiger partial charge is 0.326 e. The van der Waals surface area contributed by atoms with Crippen molar-refractivity contribution in [2.75, 3.05) is 6.54 Å². The lowest BCUT2D eigenvalue weighted by molar-refractivity contribution is 0.235. The molecule has 130 valence electrons. The van der Waals surface area contributed by atoms with Crippen LogP contribution in [0.25, 0.3) is 11.0 Å². The first-order valence-corrected chi connectivity index (χ1v) is 8.46. The number of fused-ring (bicyclic) bond motifs is 2. The van der Waals surface area contributed by atoms with Crippen molar-refractivity contribution in [1.82, 2.24) is 30.4 Å². The van der Waals surface area contributed by atoms with Crippen LogP contribution in [-0.4, -0.2) is 32.3 Å². The summed E-state index contributed by atoms with van der Waals surface area (Å²) in [6.07, 6.45) is 4.74. The van der Waals surface area contributed by atoms with Crippen molar-refractivity contribution in [1.29, 1.82) is 0 Å². The zero-order valence-electron chi connectivity index (χ0n) is 13.7. The number of aromatic amines is 2. The van der Waals surface area contributed by atoms with Gasteiger partial charge in [-0.05, 0) is 37.0 Å². The molecule has 2 heterocycles. The summed E-state index contributed by atoms with van der Waals surface area (Å²) in [5.74, 6) is 0. The van der Waals surface area contributed by atoms with Gasteiger partial charge in [-0.25, -0.2) is 9.59 Å². The average Bonchev–Trinajstić information content (AvgIpc) is 3.20. The van der Waals surface area contributed by atoms with Gasteiger partial charge in [0.25, 0.3) is 0 Å². The molecule has 0 radical (unpaired) electrons. The second-order valence-corrected chi connectivity index (χ2v) is 6.25. The predicted molar refractivity (Wildman–Crippen MR) is 93.4 cm³/mol. The number of carbonyl (C=O) groups excluding carboxylic acids is 1. The highest BCUT2D eigenvalue weighted by atomic mass is 16.2. The first kappa shape index (κ1) is 15.5. The van der Waals surface area contributed by atoms with Crippen LogP contribution >= 0.6 is 0 Å². The van der Waals surface area contributed by atoms with Crippen molar-refractivity contribution >= 4 is 17.1 Å². The summed E-state index contributed by atoms with van der Waals surface area (Å²) in [6, 6.07) is 7.23. The van der Waals surface area contributed by atoms with Crippen molar-refractivity contribution in [3.05, 3.63) is 52.2 Å². The highest BCUT2D eigenvalue weighted by Gasteiger charge is 2.23. The standard InChI is InChI=1S/C17H20N6O2/c24-16(20-13-6-3-4-11-10-19-22-15(11)13)18-8-9-23-14-7-2-1-5-12(14)21-17(23)25/h1-2,5,7,10,13H,3-4,6,8-9H2,(H,19,22)(H,21,25)(H2,18,20,24). The van der Waals surface area contributed by atoms with Gasteiger partial charge in [0, 0.05) is 13.1 Å². The summed E-state index contributed by atoms with van der Waals surface area (Å²) < 4.78 is 1.63. The van der Waals surface area contributed by atoms with Crippen LogP contribution in [0.4, 0.5) is 4.79 Å². The average molecular weight is 340 g/mol. The van der Waals surface area contributed by atoms with E-state index in [1.807, 2.05) is 30.5 Å². The summed E-state index contributed by atoms with van der Waals surface area (Å²) >= 11 is 0. The number of imidazole rings is 1. The summed E-state index contributed by atoms with van der Waals surface area (Å²) in [5, 5.41) is 12.8. The van der Waals surface area contributed by atoms with E-state index < -0.39 is 0 Å². The molecule has 0 spiro atoms. The van der Waals surface area contributed by atoms with E-state index in [2.05, 4.69) is 25.8 Å². The first-order valence-electron chi connectivity index (χ1n) is 8.46. The van der Waals surface area contributed by atoms with Crippen molar-refractivity contribution in [3.8, 4) is 0 Å². The van der Waals surface area contributed by atoms with Gasteiger partial charge in [-0.2, -0.15) is 5.10 Å². The normalized spacial score (nSPS) is 16.6. The number of carbonyl (C=O) groups is 1. The molecule has 1 aliphatic rings. The number of para-hydroxylation sites is 2. The monoisotopic (exact) mass is 340 g/mol. The molecule has 0 aliphatic heterocycles. The van der Waals surface area contributed by atoms with E-state index in [1.165, 1.54) is 5.56 Å². The van der Waals surface area contributed by atoms with E-state index in [-0.39, 0.29) is 17.8 Å². The number of rotatable bonds is 4. The Bertz CT molecular complexity index is 953. The van der Waals surface area contributed by atoms with Crippen molar-refractivity contribution in [2.45, 2.75) is 31.8 Å². The molecule has 0 bridgehead atoms. The van der Waals surface area contributed by atoms with Gasteiger partial charge in [-0.1, -0.05) is 12.1 Å². The summed E-state index contributed by atoms with van der Waals surface area (Å²) in [4.78, 5) is 27.0. The molecule has 0 fully saturated rings. The molecule has 4 rings (SSSR count). The Labute approximate surface area is 143 Å². The van der Waals surface area contributed by atoms with Crippen LogP contribution in [-0.2, 0) is 13.0 Å². The van der Waals surface area contributed by atoms with Gasteiger partial charge < -0.3 is 15.6 Å². The Hall–Kier alpha value is -3.03. The fourth-order valence-corrected chi connectivity index (χ4v) is 3.43. The number of nitrogens with one attached hydrogen (secondary N) is 4. The van der Waals surface area contributed by atoms with Gasteiger partial charge in [0.2, 0.25) is 0 Å². The van der Waals surface area contributed by atoms with Crippen LogP contribution in [0.5, 0.6) is 0 Å². The van der Waals surface area contributed by atoms with E-state index in [4.69, 9.17) is 0 Å². The summed E-state index contributed by atoms with van der Waals surface area (Å²) in [6.45, 7) is 0.784. The molecule has 0 saturated heterocycles. The van der Waals surface area contributed by atoms with Crippen LogP contribution in [0.3, 0.4) is 0 Å². The second-order valence-electron chi connectivity index (χ2n) is 6.25. The molecule has 0 saturated carbocycles. The maximum atomic E-state index is 12.2. The third kappa shape index (κ3) is 3.02. The quantitative estimate of drug-likeness (QED) is 0.577. The minimum Gasteiger partial charge on any atom is -0.336 e. The highest BCUT2D eigenvalue weighted by Crippen LogP contribution is 2.27. The topological polar surface area (TPSA) is 108 Å². The van der Waals surface area contributed by atoms with Gasteiger partial charge in [0.1, 0.15) is 0 Å². The zero-order chi connectivity index (χ0) is 17.2. The number of aryl methyl sites for hydroxylation is 1. The van der Waals surface area contributed by atoms with Crippen molar-refractivity contribution < 1.29 is 4.79 Å². The molecule has 25 heavy (non-hydrogen) atoms. The van der Waals surface area contributed by atoms with E-state index in [1.54, 1.807) is 4.57 Å². The van der Waals surface area contributed by atoms with Gasteiger partial charge in [0.05, 0.1) is 29.0 Å². The second kappa shape index (κ2) is 6.46. The molecule has 8 nitrogen and oxygen atoms in total. The van der Waals surface area contributed by atoms with Gasteiger partial charge in [-0.3, -0.25) is 9.67 Å². The molecule has 1 aliphatic carbocycles. The lowest BCUT2D eigenvalue weighted by atomic mass is 9.94. The van der Waals surface area contributed by atoms with Crippen molar-refractivity contribution in [2.24, 2.45) is 0 Å². The Balaban J connectivity index is 1.35. The molecule has 8 heteroatoms. The van der Waals surface area contributed by atoms with Crippen LogP contribution in [0.15, 0.2) is 35.3 Å². The molecule has 2 aromatic heterocycles. The molecule has 2 amide bonds. The molecular weight excluding hydrogens is 320 g/mol. The molecular formula is C17H20N6O2. The number of H-pyrrole nitrogens is 2. The van der Waals surface area contributed by atoms with E-state index >= 15 is 0 Å². The summed E-state index contributed by atoms with van der Waals surface area (Å²) in [5.41, 5.74) is 3.63. The SMILES string of the molecule is O=C(NCCn1c(=O)[nH]c2ccccc21)NC1CCCc2cn[nH]c21. The highest BCUT2D eigenvalue weighted by molar-refractivity contribution is 5.75. The third-order valence-corrected chi connectivity index (χ3v) is 4.65. The number of nitrogens with zero attached hydrogens (tertiary/aromatic N) is 2. The van der Waals surface area contributed by atoms with E-state index in [0.29, 0.717) is 13.1 Å². The van der Waals surface area contributed by atoms with Crippen LogP contribution in [0.2, 0.25) is 0 Å². The van der Waals surface area contributed by atoms with Crippen LogP contribution in [0.1, 0.15) is 30.1 Å². The summed E-state index contributed by atoms with van der Waals surface area (Å²) in [7, 11) is 0. The molecule has 1 atom stereocenters. The van der Waals surface area contributed by atoms with E-state index in [9.17, 15) is 9.59 Å². The number of hydrogen-bond donors (Lipinski definition) is 4. The molecule has 4 N–H and O–H groups in total. The first-order chi connectivity index (χ1) is 12.2. The largest absolute Gasteiger partial charge is 0.336 e. The molecule has 1 aromatic carbocycles. The molecule has 1 unspecified atom stereocenters. The predicted octanol–water partition coefficient (Wildman–Crippen LogP) is 1.43. The fraction of sp³-hybridized carbons (Fsp3) is 0.353. The van der Waals surface area contributed by atoms with Gasteiger partial charge in [-0.15, -0.1) is 0 Å². The maximum Gasteiger partial charge on any atom is 0.326 e. The van der Waals surface area contributed by atoms with Crippen LogP contribution in [0, 0.1) is 0 Å². The lowest BCUT2D eigenvalue weighted by Crippen LogP contribution is -2.40.